The Hall–Kier alpha value is -2.56. The van der Waals surface area contributed by atoms with E-state index in [4.69, 9.17) is 4.74 Å². The van der Waals surface area contributed by atoms with Gasteiger partial charge in [-0.25, -0.2) is 4.98 Å². The van der Waals surface area contributed by atoms with Crippen LogP contribution < -0.4 is 15.0 Å². The van der Waals surface area contributed by atoms with Crippen LogP contribution in [0.1, 0.15) is 30.0 Å². The Labute approximate surface area is 136 Å². The number of aromatic nitrogens is 1. The zero-order chi connectivity index (χ0) is 16.2. The number of ether oxygens (including phenoxy) is 1. The van der Waals surface area contributed by atoms with E-state index in [0.29, 0.717) is 13.0 Å². The molecular weight excluding hydrogens is 290 g/mol. The third-order valence-electron chi connectivity index (χ3n) is 3.95. The van der Waals surface area contributed by atoms with Gasteiger partial charge in [-0.15, -0.1) is 0 Å². The summed E-state index contributed by atoms with van der Waals surface area (Å²) in [7, 11) is 3.93. The Bertz CT molecular complexity index is 666. The van der Waals surface area contributed by atoms with Crippen molar-refractivity contribution in [1.29, 1.82) is 0 Å². The van der Waals surface area contributed by atoms with Crippen molar-refractivity contribution in [2.45, 2.75) is 25.5 Å². The molecule has 1 fully saturated rings. The Kier molecular flexibility index (Phi) is 4.46. The van der Waals surface area contributed by atoms with E-state index in [9.17, 15) is 4.79 Å². The van der Waals surface area contributed by atoms with Gasteiger partial charge in [0, 0.05) is 32.3 Å². The van der Waals surface area contributed by atoms with Gasteiger partial charge in [0.2, 0.25) is 5.91 Å². The molecule has 1 aliphatic rings. The van der Waals surface area contributed by atoms with Crippen molar-refractivity contribution in [3.63, 3.8) is 0 Å². The molecule has 1 saturated heterocycles. The van der Waals surface area contributed by atoms with Gasteiger partial charge >= 0.3 is 0 Å². The number of amides is 1. The number of hydrogen-bond acceptors (Lipinski definition) is 4. The van der Waals surface area contributed by atoms with E-state index in [-0.39, 0.29) is 11.9 Å². The number of nitrogens with zero attached hydrogens (tertiary/aromatic N) is 2. The standard InChI is InChI=1S/C18H21N3O2/c1-21(2)17-9-3-13(11-19-17)12-23-15-6-4-14(5-7-15)16-8-10-18(22)20-16/h3-7,9,11,16H,8,10,12H2,1-2H3,(H,20,22). The fourth-order valence-electron chi connectivity index (χ4n) is 2.59. The number of pyridine rings is 1. The molecule has 1 aromatic heterocycles. The highest BCUT2D eigenvalue weighted by Gasteiger charge is 2.21. The molecule has 0 aliphatic carbocycles. The zero-order valence-corrected chi connectivity index (χ0v) is 13.5. The molecule has 0 spiro atoms. The lowest BCUT2D eigenvalue weighted by molar-refractivity contribution is -0.119. The Morgan fingerprint density at radius 3 is 2.57 bits per heavy atom. The molecule has 3 rings (SSSR count). The minimum atomic E-state index is 0.129. The molecule has 0 bridgehead atoms. The Morgan fingerprint density at radius 2 is 2.00 bits per heavy atom. The average molecular weight is 311 g/mol. The maximum absolute atomic E-state index is 11.3. The summed E-state index contributed by atoms with van der Waals surface area (Å²) in [5.41, 5.74) is 2.16. The first kappa shape index (κ1) is 15.3. The Balaban J connectivity index is 1.57. The van der Waals surface area contributed by atoms with E-state index in [1.54, 1.807) is 0 Å². The monoisotopic (exact) mass is 311 g/mol. The third-order valence-corrected chi connectivity index (χ3v) is 3.95. The molecule has 2 aromatic rings. The van der Waals surface area contributed by atoms with Crippen molar-refractivity contribution in [3.05, 3.63) is 53.7 Å². The molecule has 5 nitrogen and oxygen atoms in total. The first-order valence-corrected chi connectivity index (χ1v) is 7.76. The van der Waals surface area contributed by atoms with Gasteiger partial charge in [-0.2, -0.15) is 0 Å². The largest absolute Gasteiger partial charge is 0.489 e. The molecule has 1 aliphatic heterocycles. The number of carbonyl (C=O) groups is 1. The van der Waals surface area contributed by atoms with E-state index in [0.717, 1.165) is 29.1 Å². The maximum atomic E-state index is 11.3. The van der Waals surface area contributed by atoms with E-state index in [2.05, 4.69) is 10.3 Å². The molecule has 23 heavy (non-hydrogen) atoms. The summed E-state index contributed by atoms with van der Waals surface area (Å²) in [5, 5.41) is 2.97. The molecule has 1 aromatic carbocycles. The van der Waals surface area contributed by atoms with Gasteiger partial charge in [0.25, 0.3) is 0 Å². The van der Waals surface area contributed by atoms with Crippen LogP contribution in [0.3, 0.4) is 0 Å². The fraction of sp³-hybridized carbons (Fsp3) is 0.333. The van der Waals surface area contributed by atoms with Crippen LogP contribution in [0.2, 0.25) is 0 Å². The number of benzene rings is 1. The van der Waals surface area contributed by atoms with Crippen molar-refractivity contribution in [1.82, 2.24) is 10.3 Å². The summed E-state index contributed by atoms with van der Waals surface area (Å²) in [6.07, 6.45) is 3.31. The summed E-state index contributed by atoms with van der Waals surface area (Å²) in [5.74, 6) is 1.87. The second-order valence-corrected chi connectivity index (χ2v) is 5.94. The highest BCUT2D eigenvalue weighted by Crippen LogP contribution is 2.25. The molecular formula is C18H21N3O2. The lowest BCUT2D eigenvalue weighted by Gasteiger charge is -2.13. The summed E-state index contributed by atoms with van der Waals surface area (Å²) in [4.78, 5) is 17.6. The number of nitrogens with one attached hydrogen (secondary N) is 1. The van der Waals surface area contributed by atoms with Gasteiger partial charge < -0.3 is 15.0 Å². The van der Waals surface area contributed by atoms with Crippen LogP contribution in [0.4, 0.5) is 5.82 Å². The van der Waals surface area contributed by atoms with Crippen LogP contribution in [0, 0.1) is 0 Å². The number of anilines is 1. The highest BCUT2D eigenvalue weighted by molar-refractivity contribution is 5.78. The average Bonchev–Trinajstić information content (AvgIpc) is 3.00. The zero-order valence-electron chi connectivity index (χ0n) is 13.5. The summed E-state index contributed by atoms with van der Waals surface area (Å²) < 4.78 is 5.79. The van der Waals surface area contributed by atoms with Gasteiger partial charge in [0.15, 0.2) is 0 Å². The van der Waals surface area contributed by atoms with E-state index in [1.807, 2.05) is 61.6 Å². The van der Waals surface area contributed by atoms with E-state index in [1.165, 1.54) is 0 Å². The molecule has 1 N–H and O–H groups in total. The molecule has 0 saturated carbocycles. The second-order valence-electron chi connectivity index (χ2n) is 5.94. The van der Waals surface area contributed by atoms with Gasteiger partial charge in [0.1, 0.15) is 18.2 Å². The fourth-order valence-corrected chi connectivity index (χ4v) is 2.59. The second kappa shape index (κ2) is 6.69. The lowest BCUT2D eigenvalue weighted by atomic mass is 10.1. The first-order valence-electron chi connectivity index (χ1n) is 7.76. The molecule has 5 heteroatoms. The van der Waals surface area contributed by atoms with Crippen LogP contribution in [-0.4, -0.2) is 25.0 Å². The van der Waals surface area contributed by atoms with Crippen LogP contribution >= 0.6 is 0 Å². The van der Waals surface area contributed by atoms with Crippen LogP contribution in [0.5, 0.6) is 5.75 Å². The predicted molar refractivity (Wildman–Crippen MR) is 89.5 cm³/mol. The number of rotatable bonds is 5. The lowest BCUT2D eigenvalue weighted by Crippen LogP contribution is -2.18. The van der Waals surface area contributed by atoms with Crippen molar-refractivity contribution in [2.24, 2.45) is 0 Å². The van der Waals surface area contributed by atoms with Crippen molar-refractivity contribution in [3.8, 4) is 5.75 Å². The van der Waals surface area contributed by atoms with Gasteiger partial charge in [-0.3, -0.25) is 4.79 Å². The van der Waals surface area contributed by atoms with E-state index >= 15 is 0 Å². The molecule has 120 valence electrons. The predicted octanol–water partition coefficient (Wildman–Crippen LogP) is 2.68. The smallest absolute Gasteiger partial charge is 0.220 e. The molecule has 1 unspecified atom stereocenters. The van der Waals surface area contributed by atoms with Gasteiger partial charge in [-0.05, 0) is 30.2 Å². The summed E-state index contributed by atoms with van der Waals surface area (Å²) >= 11 is 0. The maximum Gasteiger partial charge on any atom is 0.220 e. The Morgan fingerprint density at radius 1 is 1.22 bits per heavy atom. The van der Waals surface area contributed by atoms with Crippen LogP contribution in [0.15, 0.2) is 42.6 Å². The summed E-state index contributed by atoms with van der Waals surface area (Å²) in [6.45, 7) is 0.486. The quantitative estimate of drug-likeness (QED) is 0.922. The minimum Gasteiger partial charge on any atom is -0.489 e. The van der Waals surface area contributed by atoms with Crippen molar-refractivity contribution < 1.29 is 9.53 Å². The van der Waals surface area contributed by atoms with Crippen LogP contribution in [-0.2, 0) is 11.4 Å². The van der Waals surface area contributed by atoms with Crippen LogP contribution in [0.25, 0.3) is 0 Å². The van der Waals surface area contributed by atoms with Gasteiger partial charge in [-0.1, -0.05) is 18.2 Å². The molecule has 0 radical (unpaired) electrons. The molecule has 2 heterocycles. The third kappa shape index (κ3) is 3.80. The van der Waals surface area contributed by atoms with E-state index < -0.39 is 0 Å². The number of hydrogen-bond donors (Lipinski definition) is 1. The van der Waals surface area contributed by atoms with Gasteiger partial charge in [0.05, 0.1) is 6.04 Å². The SMILES string of the molecule is CN(C)c1ccc(COc2ccc(C3CCC(=O)N3)cc2)cn1. The highest BCUT2D eigenvalue weighted by atomic mass is 16.5. The summed E-state index contributed by atoms with van der Waals surface area (Å²) in [6, 6.07) is 12.1. The topological polar surface area (TPSA) is 54.5 Å². The molecule has 1 amide bonds. The van der Waals surface area contributed by atoms with Crippen molar-refractivity contribution >= 4 is 11.7 Å². The normalized spacial score (nSPS) is 17.0. The molecule has 1 atom stereocenters. The minimum absolute atomic E-state index is 0.129. The van der Waals surface area contributed by atoms with Crippen molar-refractivity contribution in [2.75, 3.05) is 19.0 Å². The number of carbonyl (C=O) groups excluding carboxylic acids is 1. The first-order chi connectivity index (χ1) is 11.1.